The number of benzene rings is 1. The second kappa shape index (κ2) is 8.28. The molecule has 0 bridgehead atoms. The SMILES string of the molecule is CN=C(NCCc1nc(C)c(C)s1)NCc1c(F)c(F)cc(F)c1F. The van der Waals surface area contributed by atoms with E-state index < -0.39 is 35.4 Å². The van der Waals surface area contributed by atoms with Crippen molar-refractivity contribution in [3.05, 3.63) is 50.5 Å². The Hall–Kier alpha value is -2.16. The molecular formula is C16H18F4N4S. The van der Waals surface area contributed by atoms with Crippen molar-refractivity contribution in [1.82, 2.24) is 15.6 Å². The van der Waals surface area contributed by atoms with Gasteiger partial charge in [0.1, 0.15) is 0 Å². The third kappa shape index (κ3) is 4.68. The van der Waals surface area contributed by atoms with E-state index >= 15 is 0 Å². The van der Waals surface area contributed by atoms with Crippen molar-refractivity contribution < 1.29 is 17.6 Å². The molecule has 0 saturated heterocycles. The molecule has 1 heterocycles. The van der Waals surface area contributed by atoms with Gasteiger partial charge in [0, 0.05) is 43.1 Å². The van der Waals surface area contributed by atoms with E-state index in [0.717, 1.165) is 15.6 Å². The van der Waals surface area contributed by atoms with E-state index in [4.69, 9.17) is 0 Å². The summed E-state index contributed by atoms with van der Waals surface area (Å²) in [5.41, 5.74) is 0.271. The number of aliphatic imine (C=N–C) groups is 1. The molecule has 25 heavy (non-hydrogen) atoms. The first-order chi connectivity index (χ1) is 11.8. The number of hydrogen-bond acceptors (Lipinski definition) is 3. The third-order valence-corrected chi connectivity index (χ3v) is 4.70. The Morgan fingerprint density at radius 1 is 1.12 bits per heavy atom. The monoisotopic (exact) mass is 374 g/mol. The summed E-state index contributed by atoms with van der Waals surface area (Å²) in [6.45, 7) is 3.98. The van der Waals surface area contributed by atoms with Crippen molar-refractivity contribution in [3.8, 4) is 0 Å². The first-order valence-corrected chi connectivity index (χ1v) is 8.34. The fourth-order valence-electron chi connectivity index (χ4n) is 2.10. The molecular weight excluding hydrogens is 356 g/mol. The predicted molar refractivity (Wildman–Crippen MR) is 89.8 cm³/mol. The first-order valence-electron chi connectivity index (χ1n) is 7.52. The molecule has 0 saturated carbocycles. The van der Waals surface area contributed by atoms with Gasteiger partial charge in [0.2, 0.25) is 0 Å². The zero-order valence-corrected chi connectivity index (χ0v) is 14.8. The Labute approximate surface area is 147 Å². The van der Waals surface area contributed by atoms with E-state index in [1.165, 1.54) is 7.05 Å². The van der Waals surface area contributed by atoms with Crippen LogP contribution in [0.15, 0.2) is 11.1 Å². The van der Waals surface area contributed by atoms with Crippen LogP contribution in [0.1, 0.15) is 21.1 Å². The summed E-state index contributed by atoms with van der Waals surface area (Å²) in [6, 6.07) is 0.180. The minimum Gasteiger partial charge on any atom is -0.356 e. The highest BCUT2D eigenvalue weighted by molar-refractivity contribution is 7.11. The zero-order valence-electron chi connectivity index (χ0n) is 14.0. The van der Waals surface area contributed by atoms with Crippen molar-refractivity contribution in [2.24, 2.45) is 4.99 Å². The van der Waals surface area contributed by atoms with Crippen LogP contribution in [0, 0.1) is 37.1 Å². The number of rotatable bonds is 5. The lowest BCUT2D eigenvalue weighted by molar-refractivity contribution is 0.437. The van der Waals surface area contributed by atoms with Crippen molar-refractivity contribution in [2.75, 3.05) is 13.6 Å². The number of thiazole rings is 1. The van der Waals surface area contributed by atoms with Gasteiger partial charge >= 0.3 is 0 Å². The molecule has 9 heteroatoms. The zero-order chi connectivity index (χ0) is 18.6. The molecule has 2 N–H and O–H groups in total. The Balaban J connectivity index is 1.93. The van der Waals surface area contributed by atoms with Gasteiger partial charge in [-0.15, -0.1) is 11.3 Å². The molecule has 0 aliphatic rings. The maximum absolute atomic E-state index is 13.6. The Kier molecular flexibility index (Phi) is 6.35. The molecule has 1 aromatic carbocycles. The second-order valence-corrected chi connectivity index (χ2v) is 6.59. The molecule has 2 rings (SSSR count). The topological polar surface area (TPSA) is 49.3 Å². The first kappa shape index (κ1) is 19.2. The number of hydrogen-bond donors (Lipinski definition) is 2. The van der Waals surface area contributed by atoms with Crippen molar-refractivity contribution in [3.63, 3.8) is 0 Å². The molecule has 0 amide bonds. The highest BCUT2D eigenvalue weighted by atomic mass is 32.1. The van der Waals surface area contributed by atoms with Gasteiger partial charge in [-0.25, -0.2) is 22.5 Å². The molecule has 2 aromatic rings. The average Bonchev–Trinajstić information content (AvgIpc) is 2.89. The molecule has 0 aliphatic heterocycles. The Morgan fingerprint density at radius 2 is 1.76 bits per heavy atom. The van der Waals surface area contributed by atoms with Crippen LogP contribution in [0.5, 0.6) is 0 Å². The molecule has 0 aliphatic carbocycles. The van der Waals surface area contributed by atoms with E-state index in [2.05, 4.69) is 20.6 Å². The number of nitrogens with zero attached hydrogens (tertiary/aromatic N) is 2. The van der Waals surface area contributed by atoms with E-state index in [0.29, 0.717) is 13.0 Å². The van der Waals surface area contributed by atoms with Crippen molar-refractivity contribution in [2.45, 2.75) is 26.8 Å². The number of aromatic nitrogens is 1. The fourth-order valence-corrected chi connectivity index (χ4v) is 3.04. The molecule has 1 aromatic heterocycles. The van der Waals surface area contributed by atoms with Crippen LogP contribution in [0.3, 0.4) is 0 Å². The normalized spacial score (nSPS) is 11.7. The molecule has 0 unspecified atom stereocenters. The number of halogens is 4. The highest BCUT2D eigenvalue weighted by Crippen LogP contribution is 2.19. The summed E-state index contributed by atoms with van der Waals surface area (Å²) in [4.78, 5) is 9.46. The van der Waals surface area contributed by atoms with Crippen LogP contribution in [-0.4, -0.2) is 24.5 Å². The van der Waals surface area contributed by atoms with Crippen LogP contribution in [0.25, 0.3) is 0 Å². The summed E-state index contributed by atoms with van der Waals surface area (Å²) in [6.07, 6.45) is 0.650. The standard InChI is InChI=1S/C16H18F4N4S/c1-8-9(2)25-13(24-8)4-5-22-16(21-3)23-7-10-14(19)11(17)6-12(18)15(10)20/h6H,4-5,7H2,1-3H3,(H2,21,22,23). The molecule has 136 valence electrons. The minimum absolute atomic E-state index is 0.180. The van der Waals surface area contributed by atoms with Gasteiger partial charge < -0.3 is 10.6 Å². The average molecular weight is 374 g/mol. The highest BCUT2D eigenvalue weighted by Gasteiger charge is 2.19. The van der Waals surface area contributed by atoms with Gasteiger partial charge in [0.25, 0.3) is 0 Å². The van der Waals surface area contributed by atoms with E-state index in [1.54, 1.807) is 11.3 Å². The van der Waals surface area contributed by atoms with Crippen LogP contribution in [0.4, 0.5) is 17.6 Å². The maximum Gasteiger partial charge on any atom is 0.191 e. The van der Waals surface area contributed by atoms with Gasteiger partial charge in [0.15, 0.2) is 29.2 Å². The van der Waals surface area contributed by atoms with Crippen molar-refractivity contribution in [1.29, 1.82) is 0 Å². The minimum atomic E-state index is -1.44. The fraction of sp³-hybridized carbons (Fsp3) is 0.375. The molecule has 0 spiro atoms. The summed E-state index contributed by atoms with van der Waals surface area (Å²) in [5.74, 6) is -5.46. The van der Waals surface area contributed by atoms with Gasteiger partial charge in [-0.05, 0) is 13.8 Å². The summed E-state index contributed by atoms with van der Waals surface area (Å²) in [7, 11) is 1.48. The van der Waals surface area contributed by atoms with Gasteiger partial charge in [-0.2, -0.15) is 0 Å². The summed E-state index contributed by atoms with van der Waals surface area (Å²) >= 11 is 1.60. The molecule has 0 atom stereocenters. The lowest BCUT2D eigenvalue weighted by atomic mass is 10.2. The summed E-state index contributed by atoms with van der Waals surface area (Å²) in [5, 5.41) is 6.55. The Bertz CT molecular complexity index is 743. The van der Waals surface area contributed by atoms with Crippen LogP contribution in [0.2, 0.25) is 0 Å². The van der Waals surface area contributed by atoms with Crippen LogP contribution >= 0.6 is 11.3 Å². The van der Waals surface area contributed by atoms with E-state index in [-0.39, 0.29) is 12.0 Å². The number of nitrogens with one attached hydrogen (secondary N) is 2. The van der Waals surface area contributed by atoms with Crippen LogP contribution in [-0.2, 0) is 13.0 Å². The lowest BCUT2D eigenvalue weighted by Crippen LogP contribution is -2.38. The van der Waals surface area contributed by atoms with Gasteiger partial charge in [-0.3, -0.25) is 4.99 Å². The Morgan fingerprint density at radius 3 is 2.28 bits per heavy atom. The van der Waals surface area contributed by atoms with Gasteiger partial charge in [-0.1, -0.05) is 0 Å². The predicted octanol–water partition coefficient (Wildman–Crippen LogP) is 3.22. The number of guanidine groups is 1. The number of aryl methyl sites for hydroxylation is 2. The molecule has 0 fully saturated rings. The second-order valence-electron chi connectivity index (χ2n) is 5.30. The summed E-state index contributed by atoms with van der Waals surface area (Å²) < 4.78 is 53.6. The molecule has 0 radical (unpaired) electrons. The largest absolute Gasteiger partial charge is 0.356 e. The maximum atomic E-state index is 13.6. The third-order valence-electron chi connectivity index (χ3n) is 3.56. The lowest BCUT2D eigenvalue weighted by Gasteiger charge is -2.13. The quantitative estimate of drug-likeness (QED) is 0.366. The van der Waals surface area contributed by atoms with Crippen molar-refractivity contribution >= 4 is 17.3 Å². The van der Waals surface area contributed by atoms with Crippen LogP contribution < -0.4 is 10.6 Å². The van der Waals surface area contributed by atoms with E-state index in [9.17, 15) is 17.6 Å². The smallest absolute Gasteiger partial charge is 0.191 e. The molecule has 4 nitrogen and oxygen atoms in total. The van der Waals surface area contributed by atoms with Gasteiger partial charge in [0.05, 0.1) is 10.7 Å². The van der Waals surface area contributed by atoms with E-state index in [1.807, 2.05) is 13.8 Å².